The zero-order chi connectivity index (χ0) is 15.4. The fourth-order valence-electron chi connectivity index (χ4n) is 2.72. The van der Waals surface area contributed by atoms with Crippen molar-refractivity contribution in [3.05, 3.63) is 29.5 Å². The summed E-state index contributed by atoms with van der Waals surface area (Å²) in [4.78, 5) is 12.3. The minimum atomic E-state index is -0.544. The summed E-state index contributed by atoms with van der Waals surface area (Å²) in [6.07, 6.45) is 3.51. The van der Waals surface area contributed by atoms with Crippen molar-refractivity contribution < 1.29 is 14.6 Å². The standard InChI is InChI=1S/C17H21NO3/c1-10-9-13(11-5-6-11)15(19)12-7-8-18(14(10)12)16(20)21-17(2,3)4/h7-9,11,19H,5-6H2,1-4H3. The van der Waals surface area contributed by atoms with E-state index in [-0.39, 0.29) is 0 Å². The van der Waals surface area contributed by atoms with Crippen LogP contribution in [0.2, 0.25) is 0 Å². The van der Waals surface area contributed by atoms with Crippen LogP contribution >= 0.6 is 0 Å². The van der Waals surface area contributed by atoms with Crippen molar-refractivity contribution in [2.75, 3.05) is 0 Å². The van der Waals surface area contributed by atoms with Gasteiger partial charge >= 0.3 is 6.09 Å². The summed E-state index contributed by atoms with van der Waals surface area (Å²) >= 11 is 0. The maximum atomic E-state index is 12.3. The summed E-state index contributed by atoms with van der Waals surface area (Å²) in [5, 5.41) is 11.2. The lowest BCUT2D eigenvalue weighted by Crippen LogP contribution is -2.26. The van der Waals surface area contributed by atoms with Gasteiger partial charge in [0.05, 0.1) is 5.52 Å². The molecule has 0 aliphatic heterocycles. The van der Waals surface area contributed by atoms with Gasteiger partial charge in [0, 0.05) is 11.6 Å². The third kappa shape index (κ3) is 2.50. The normalized spacial score (nSPS) is 15.4. The quantitative estimate of drug-likeness (QED) is 0.850. The first-order chi connectivity index (χ1) is 9.78. The monoisotopic (exact) mass is 287 g/mol. The minimum Gasteiger partial charge on any atom is -0.507 e. The van der Waals surface area contributed by atoms with E-state index in [4.69, 9.17) is 4.74 Å². The summed E-state index contributed by atoms with van der Waals surface area (Å²) in [6, 6.07) is 3.78. The number of ether oxygens (including phenoxy) is 1. The Labute approximate surface area is 124 Å². The van der Waals surface area contributed by atoms with Crippen molar-refractivity contribution in [3.8, 4) is 5.75 Å². The first-order valence-electron chi connectivity index (χ1n) is 7.35. The highest BCUT2D eigenvalue weighted by atomic mass is 16.6. The van der Waals surface area contributed by atoms with Gasteiger partial charge in [0.25, 0.3) is 0 Å². The molecule has 0 spiro atoms. The number of aromatic hydroxyl groups is 1. The highest BCUT2D eigenvalue weighted by Crippen LogP contribution is 2.47. The maximum Gasteiger partial charge on any atom is 0.419 e. The molecule has 0 radical (unpaired) electrons. The molecule has 112 valence electrons. The molecule has 4 heteroatoms. The van der Waals surface area contributed by atoms with Gasteiger partial charge in [-0.3, -0.25) is 4.57 Å². The Bertz CT molecular complexity index is 718. The number of rotatable bonds is 1. The second kappa shape index (κ2) is 4.52. The molecule has 3 rings (SSSR count). The minimum absolute atomic E-state index is 0.306. The van der Waals surface area contributed by atoms with Crippen LogP contribution in [-0.2, 0) is 4.74 Å². The van der Waals surface area contributed by atoms with E-state index in [1.165, 1.54) is 4.57 Å². The molecule has 0 unspecified atom stereocenters. The van der Waals surface area contributed by atoms with Gasteiger partial charge in [-0.2, -0.15) is 0 Å². The number of aryl methyl sites for hydroxylation is 1. The van der Waals surface area contributed by atoms with Crippen LogP contribution in [0.4, 0.5) is 4.79 Å². The van der Waals surface area contributed by atoms with E-state index in [0.29, 0.717) is 11.7 Å². The van der Waals surface area contributed by atoms with Crippen LogP contribution in [0.3, 0.4) is 0 Å². The van der Waals surface area contributed by atoms with Crippen molar-refractivity contribution in [3.63, 3.8) is 0 Å². The SMILES string of the molecule is Cc1cc(C2CC2)c(O)c2ccn(C(=O)OC(C)(C)C)c12. The summed E-state index contributed by atoms with van der Waals surface area (Å²) in [5.74, 6) is 0.776. The maximum absolute atomic E-state index is 12.3. The van der Waals surface area contributed by atoms with Gasteiger partial charge < -0.3 is 9.84 Å². The van der Waals surface area contributed by atoms with E-state index in [0.717, 1.165) is 34.9 Å². The lowest BCUT2D eigenvalue weighted by molar-refractivity contribution is 0.0544. The number of hydrogen-bond donors (Lipinski definition) is 1. The van der Waals surface area contributed by atoms with Crippen molar-refractivity contribution in [2.45, 2.75) is 52.1 Å². The first-order valence-corrected chi connectivity index (χ1v) is 7.35. The average Bonchev–Trinajstić information content (AvgIpc) is 3.08. The third-order valence-corrected chi connectivity index (χ3v) is 3.77. The summed E-state index contributed by atoms with van der Waals surface area (Å²) in [7, 11) is 0. The topological polar surface area (TPSA) is 51.5 Å². The Balaban J connectivity index is 2.10. The second-order valence-electron chi connectivity index (χ2n) is 6.83. The Morgan fingerprint density at radius 1 is 1.38 bits per heavy atom. The van der Waals surface area contributed by atoms with Gasteiger partial charge in [-0.05, 0) is 69.7 Å². The highest BCUT2D eigenvalue weighted by molar-refractivity contribution is 5.96. The van der Waals surface area contributed by atoms with Crippen molar-refractivity contribution >= 4 is 17.0 Å². The largest absolute Gasteiger partial charge is 0.507 e. The number of hydrogen-bond acceptors (Lipinski definition) is 3. The molecule has 1 heterocycles. The molecule has 0 amide bonds. The lowest BCUT2D eigenvalue weighted by atomic mass is 10.0. The van der Waals surface area contributed by atoms with Crippen molar-refractivity contribution in [1.29, 1.82) is 0 Å². The number of phenolic OH excluding ortho intramolecular Hbond substituents is 1. The molecular weight excluding hydrogens is 266 g/mol. The molecule has 2 aromatic rings. The predicted octanol–water partition coefficient (Wildman–Crippen LogP) is 4.32. The van der Waals surface area contributed by atoms with E-state index in [9.17, 15) is 9.90 Å². The van der Waals surface area contributed by atoms with Crippen LogP contribution in [0.5, 0.6) is 5.75 Å². The molecule has 21 heavy (non-hydrogen) atoms. The molecule has 1 N–H and O–H groups in total. The number of nitrogens with zero attached hydrogens (tertiary/aromatic N) is 1. The summed E-state index contributed by atoms with van der Waals surface area (Å²) in [5.41, 5.74) is 2.17. The lowest BCUT2D eigenvalue weighted by Gasteiger charge is -2.20. The van der Waals surface area contributed by atoms with Crippen LogP contribution in [0.1, 0.15) is 50.7 Å². The fourth-order valence-corrected chi connectivity index (χ4v) is 2.72. The Morgan fingerprint density at radius 3 is 2.62 bits per heavy atom. The van der Waals surface area contributed by atoms with Gasteiger partial charge in [-0.1, -0.05) is 0 Å². The number of phenols is 1. The van der Waals surface area contributed by atoms with Crippen LogP contribution in [0.25, 0.3) is 10.9 Å². The molecule has 4 nitrogen and oxygen atoms in total. The van der Waals surface area contributed by atoms with Gasteiger partial charge in [-0.15, -0.1) is 0 Å². The van der Waals surface area contributed by atoms with Crippen molar-refractivity contribution in [1.82, 2.24) is 4.57 Å². The van der Waals surface area contributed by atoms with E-state index in [2.05, 4.69) is 0 Å². The van der Waals surface area contributed by atoms with Gasteiger partial charge in [0.2, 0.25) is 0 Å². The van der Waals surface area contributed by atoms with Gasteiger partial charge in [0.15, 0.2) is 0 Å². The number of aromatic nitrogens is 1. The van der Waals surface area contributed by atoms with Crippen molar-refractivity contribution in [2.24, 2.45) is 0 Å². The highest BCUT2D eigenvalue weighted by Gasteiger charge is 2.29. The Morgan fingerprint density at radius 2 is 2.05 bits per heavy atom. The average molecular weight is 287 g/mol. The summed E-state index contributed by atoms with van der Waals surface area (Å²) < 4.78 is 6.90. The molecule has 1 saturated carbocycles. The number of benzene rings is 1. The molecule has 0 bridgehead atoms. The third-order valence-electron chi connectivity index (χ3n) is 3.77. The Hall–Kier alpha value is -1.97. The fraction of sp³-hybridized carbons (Fsp3) is 0.471. The van der Waals surface area contributed by atoms with E-state index in [1.807, 2.05) is 33.8 Å². The molecule has 1 aliphatic carbocycles. The van der Waals surface area contributed by atoms with Crippen LogP contribution in [0.15, 0.2) is 18.3 Å². The zero-order valence-corrected chi connectivity index (χ0v) is 12.9. The predicted molar refractivity (Wildman–Crippen MR) is 81.9 cm³/mol. The van der Waals surface area contributed by atoms with Crippen LogP contribution in [-0.4, -0.2) is 21.4 Å². The van der Waals surface area contributed by atoms with Crippen LogP contribution in [0, 0.1) is 6.92 Å². The smallest absolute Gasteiger partial charge is 0.419 e. The zero-order valence-electron chi connectivity index (χ0n) is 12.9. The van der Waals surface area contributed by atoms with Gasteiger partial charge in [0.1, 0.15) is 11.4 Å². The van der Waals surface area contributed by atoms with E-state index >= 15 is 0 Å². The van der Waals surface area contributed by atoms with Gasteiger partial charge in [-0.25, -0.2) is 4.79 Å². The van der Waals surface area contributed by atoms with Crippen LogP contribution < -0.4 is 0 Å². The van der Waals surface area contributed by atoms with E-state index in [1.54, 1.807) is 12.3 Å². The van der Waals surface area contributed by atoms with E-state index < -0.39 is 11.7 Å². The number of carbonyl (C=O) groups is 1. The summed E-state index contributed by atoms with van der Waals surface area (Å²) in [6.45, 7) is 7.48. The molecule has 1 aliphatic rings. The Kier molecular flexibility index (Phi) is 3.01. The number of fused-ring (bicyclic) bond motifs is 1. The molecular formula is C17H21NO3. The molecule has 1 aromatic heterocycles. The molecule has 1 aromatic carbocycles. The first kappa shape index (κ1) is 14.0. The second-order valence-corrected chi connectivity index (χ2v) is 6.83. The molecule has 0 saturated heterocycles. The number of carbonyl (C=O) groups excluding carboxylic acids is 1. The molecule has 0 atom stereocenters. The molecule has 1 fully saturated rings.